The van der Waals surface area contributed by atoms with Crippen molar-refractivity contribution in [2.24, 2.45) is 11.8 Å². The maximum atomic E-state index is 12.7. The zero-order chi connectivity index (χ0) is 39.0. The first-order valence-electron chi connectivity index (χ1n) is 23.2. The zero-order valence-electron chi connectivity index (χ0n) is 36.1. The van der Waals surface area contributed by atoms with E-state index in [2.05, 4.69) is 34.6 Å². The van der Waals surface area contributed by atoms with E-state index in [0.717, 1.165) is 69.6 Å². The number of unbranched alkanes of at least 4 members (excludes halogenated alkanes) is 26. The molecule has 6 heteroatoms. The summed E-state index contributed by atoms with van der Waals surface area (Å²) in [6.45, 7) is 11.3. The summed E-state index contributed by atoms with van der Waals surface area (Å²) in [7, 11) is 0. The Morgan fingerprint density at radius 1 is 0.358 bits per heavy atom. The number of carbonyl (C=O) groups excluding carboxylic acids is 3. The van der Waals surface area contributed by atoms with E-state index in [0.29, 0.717) is 19.3 Å². The molecule has 0 saturated carbocycles. The molecule has 0 radical (unpaired) electrons. The molecule has 0 spiro atoms. The van der Waals surface area contributed by atoms with E-state index in [9.17, 15) is 14.4 Å². The van der Waals surface area contributed by atoms with Gasteiger partial charge in [-0.3, -0.25) is 14.4 Å². The van der Waals surface area contributed by atoms with E-state index in [1.807, 2.05) is 0 Å². The summed E-state index contributed by atoms with van der Waals surface area (Å²) in [6.07, 6.45) is 38.1. The van der Waals surface area contributed by atoms with E-state index in [1.165, 1.54) is 141 Å². The SMILES string of the molecule is CCCCCCCCCCCCC(=O)OC[C@H](COC(=O)CCCCCCCCCC(C)C)OC(=O)CCCCCCCCCCCCCCC(C)C. The summed E-state index contributed by atoms with van der Waals surface area (Å²) in [6, 6.07) is 0. The van der Waals surface area contributed by atoms with Crippen LogP contribution >= 0.6 is 0 Å². The predicted molar refractivity (Wildman–Crippen MR) is 224 cm³/mol. The lowest BCUT2D eigenvalue weighted by Crippen LogP contribution is -2.30. The van der Waals surface area contributed by atoms with Gasteiger partial charge >= 0.3 is 17.9 Å². The molecule has 0 aromatic carbocycles. The number of rotatable bonds is 41. The second-order valence-corrected chi connectivity index (χ2v) is 17.0. The molecule has 0 saturated heterocycles. The molecule has 0 bridgehead atoms. The van der Waals surface area contributed by atoms with Crippen molar-refractivity contribution in [2.45, 2.75) is 259 Å². The van der Waals surface area contributed by atoms with Gasteiger partial charge in [-0.2, -0.15) is 0 Å². The molecule has 6 nitrogen and oxygen atoms in total. The van der Waals surface area contributed by atoms with Crippen molar-refractivity contribution < 1.29 is 28.6 Å². The Kier molecular flexibility index (Phi) is 38.9. The van der Waals surface area contributed by atoms with Crippen molar-refractivity contribution >= 4 is 17.9 Å². The van der Waals surface area contributed by atoms with Crippen LogP contribution in [-0.2, 0) is 28.6 Å². The third kappa shape index (κ3) is 41.4. The van der Waals surface area contributed by atoms with Gasteiger partial charge in [0.1, 0.15) is 13.2 Å². The lowest BCUT2D eigenvalue weighted by Gasteiger charge is -2.18. The molecule has 0 fully saturated rings. The lowest BCUT2D eigenvalue weighted by molar-refractivity contribution is -0.167. The van der Waals surface area contributed by atoms with Crippen LogP contribution in [0, 0.1) is 11.8 Å². The van der Waals surface area contributed by atoms with Crippen LogP contribution in [-0.4, -0.2) is 37.2 Å². The van der Waals surface area contributed by atoms with E-state index in [4.69, 9.17) is 14.2 Å². The first-order valence-corrected chi connectivity index (χ1v) is 23.2. The Hall–Kier alpha value is -1.59. The molecule has 0 aliphatic rings. The third-order valence-electron chi connectivity index (χ3n) is 10.5. The molecule has 0 heterocycles. The molecule has 0 aliphatic carbocycles. The Morgan fingerprint density at radius 3 is 0.925 bits per heavy atom. The van der Waals surface area contributed by atoms with Gasteiger partial charge < -0.3 is 14.2 Å². The first-order chi connectivity index (χ1) is 25.7. The quantitative estimate of drug-likeness (QED) is 0.0352. The largest absolute Gasteiger partial charge is 0.462 e. The fourth-order valence-corrected chi connectivity index (χ4v) is 6.93. The van der Waals surface area contributed by atoms with Gasteiger partial charge in [-0.25, -0.2) is 0 Å². The van der Waals surface area contributed by atoms with Gasteiger partial charge in [0, 0.05) is 19.3 Å². The standard InChI is InChI=1S/C47H90O6/c1-6-7-8-9-10-11-17-22-27-32-37-45(48)51-40-44(41-52-46(49)38-33-28-24-19-21-26-31-36-43(4)5)53-47(50)39-34-29-23-18-15-13-12-14-16-20-25-30-35-42(2)3/h42-44H,6-41H2,1-5H3/t44-/m1/s1. The van der Waals surface area contributed by atoms with Crippen LogP contribution in [0.5, 0.6) is 0 Å². The molecule has 1 atom stereocenters. The average molecular weight is 751 g/mol. The monoisotopic (exact) mass is 751 g/mol. The fraction of sp³-hybridized carbons (Fsp3) is 0.936. The van der Waals surface area contributed by atoms with Crippen LogP contribution in [0.3, 0.4) is 0 Å². The lowest BCUT2D eigenvalue weighted by atomic mass is 10.0. The van der Waals surface area contributed by atoms with Crippen molar-refractivity contribution in [3.8, 4) is 0 Å². The molecule has 0 aromatic heterocycles. The molecule has 0 unspecified atom stereocenters. The molecular weight excluding hydrogens is 661 g/mol. The predicted octanol–water partition coefficient (Wildman–Crippen LogP) is 14.6. The van der Waals surface area contributed by atoms with Crippen LogP contribution in [0.2, 0.25) is 0 Å². The maximum absolute atomic E-state index is 12.7. The van der Waals surface area contributed by atoms with Crippen molar-refractivity contribution in [1.29, 1.82) is 0 Å². The minimum atomic E-state index is -0.760. The fourth-order valence-electron chi connectivity index (χ4n) is 6.93. The minimum Gasteiger partial charge on any atom is -0.462 e. The summed E-state index contributed by atoms with van der Waals surface area (Å²) in [5.41, 5.74) is 0. The molecular formula is C47H90O6. The zero-order valence-corrected chi connectivity index (χ0v) is 36.1. The highest BCUT2D eigenvalue weighted by Gasteiger charge is 2.19. The van der Waals surface area contributed by atoms with E-state index < -0.39 is 6.10 Å². The number of esters is 3. The van der Waals surface area contributed by atoms with Gasteiger partial charge in [0.25, 0.3) is 0 Å². The summed E-state index contributed by atoms with van der Waals surface area (Å²) in [4.78, 5) is 37.7. The highest BCUT2D eigenvalue weighted by molar-refractivity contribution is 5.71. The molecule has 53 heavy (non-hydrogen) atoms. The summed E-state index contributed by atoms with van der Waals surface area (Å²) >= 11 is 0. The highest BCUT2D eigenvalue weighted by atomic mass is 16.6. The van der Waals surface area contributed by atoms with Crippen LogP contribution < -0.4 is 0 Å². The summed E-state index contributed by atoms with van der Waals surface area (Å²) in [5.74, 6) is 0.754. The number of ether oxygens (including phenoxy) is 3. The average Bonchev–Trinajstić information content (AvgIpc) is 3.12. The van der Waals surface area contributed by atoms with Gasteiger partial charge in [-0.15, -0.1) is 0 Å². The Bertz CT molecular complexity index is 809. The van der Waals surface area contributed by atoms with E-state index >= 15 is 0 Å². The maximum Gasteiger partial charge on any atom is 0.306 e. The molecule has 0 rings (SSSR count). The van der Waals surface area contributed by atoms with Crippen molar-refractivity contribution in [2.75, 3.05) is 13.2 Å². The molecule has 0 N–H and O–H groups in total. The van der Waals surface area contributed by atoms with Crippen LogP contribution in [0.25, 0.3) is 0 Å². The second kappa shape index (κ2) is 40.1. The van der Waals surface area contributed by atoms with Crippen molar-refractivity contribution in [3.63, 3.8) is 0 Å². The number of hydrogen-bond acceptors (Lipinski definition) is 6. The van der Waals surface area contributed by atoms with Gasteiger partial charge in [0.15, 0.2) is 6.10 Å². The minimum absolute atomic E-state index is 0.0651. The first kappa shape index (κ1) is 51.4. The van der Waals surface area contributed by atoms with Crippen molar-refractivity contribution in [3.05, 3.63) is 0 Å². The van der Waals surface area contributed by atoms with E-state index in [1.54, 1.807) is 0 Å². The topological polar surface area (TPSA) is 78.9 Å². The Labute approximate surface area is 329 Å². The van der Waals surface area contributed by atoms with Gasteiger partial charge in [0.05, 0.1) is 0 Å². The van der Waals surface area contributed by atoms with Gasteiger partial charge in [-0.05, 0) is 31.1 Å². The molecule has 0 aliphatic heterocycles. The molecule has 0 aromatic rings. The Morgan fingerprint density at radius 2 is 0.623 bits per heavy atom. The molecule has 0 amide bonds. The number of hydrogen-bond donors (Lipinski definition) is 0. The van der Waals surface area contributed by atoms with Gasteiger partial charge in [-0.1, -0.05) is 214 Å². The Balaban J connectivity index is 4.31. The van der Waals surface area contributed by atoms with Crippen LogP contribution in [0.1, 0.15) is 253 Å². The van der Waals surface area contributed by atoms with Crippen LogP contribution in [0.4, 0.5) is 0 Å². The highest BCUT2D eigenvalue weighted by Crippen LogP contribution is 2.16. The number of carbonyl (C=O) groups is 3. The second-order valence-electron chi connectivity index (χ2n) is 17.0. The summed E-state index contributed by atoms with van der Waals surface area (Å²) < 4.78 is 16.7. The summed E-state index contributed by atoms with van der Waals surface area (Å²) in [5, 5.41) is 0. The normalized spacial score (nSPS) is 12.1. The van der Waals surface area contributed by atoms with Crippen molar-refractivity contribution in [1.82, 2.24) is 0 Å². The van der Waals surface area contributed by atoms with Crippen LogP contribution in [0.15, 0.2) is 0 Å². The molecule has 314 valence electrons. The smallest absolute Gasteiger partial charge is 0.306 e. The van der Waals surface area contributed by atoms with Gasteiger partial charge in [0.2, 0.25) is 0 Å². The van der Waals surface area contributed by atoms with E-state index in [-0.39, 0.29) is 31.1 Å². The third-order valence-corrected chi connectivity index (χ3v) is 10.5.